The third kappa shape index (κ3) is 3.06. The van der Waals surface area contributed by atoms with Gasteiger partial charge in [-0.25, -0.2) is 0 Å². The molecule has 1 aromatic rings. The highest BCUT2D eigenvalue weighted by atomic mass is 16.5. The second kappa shape index (κ2) is 6.31. The normalized spacial score (nSPS) is 25.5. The molecular weight excluding hydrogens is 258 g/mol. The molecule has 0 aromatic carbocycles. The molecule has 2 heterocycles. The molecule has 0 amide bonds. The molecule has 114 valence electrons. The van der Waals surface area contributed by atoms with Crippen LogP contribution in [-0.4, -0.2) is 18.2 Å². The van der Waals surface area contributed by atoms with Crippen molar-refractivity contribution in [3.63, 3.8) is 0 Å². The summed E-state index contributed by atoms with van der Waals surface area (Å²) in [5.41, 5.74) is 4.46. The predicted octanol–water partition coefficient (Wildman–Crippen LogP) is 4.88. The van der Waals surface area contributed by atoms with Crippen molar-refractivity contribution in [1.29, 1.82) is 0 Å². The minimum absolute atomic E-state index is 0.566. The van der Waals surface area contributed by atoms with E-state index < -0.39 is 0 Å². The van der Waals surface area contributed by atoms with Gasteiger partial charge in [0.2, 0.25) is 0 Å². The molecule has 1 saturated heterocycles. The molecule has 2 fully saturated rings. The Hall–Kier alpha value is -1.15. The lowest BCUT2D eigenvalue weighted by Gasteiger charge is -2.36. The first kappa shape index (κ1) is 14.8. The lowest BCUT2D eigenvalue weighted by atomic mass is 9.74. The van der Waals surface area contributed by atoms with E-state index in [1.807, 2.05) is 12.3 Å². The quantitative estimate of drug-likeness (QED) is 0.772. The minimum Gasteiger partial charge on any atom is -0.381 e. The van der Waals surface area contributed by atoms with Gasteiger partial charge in [0.25, 0.3) is 0 Å². The van der Waals surface area contributed by atoms with Crippen molar-refractivity contribution in [2.75, 3.05) is 13.2 Å². The monoisotopic (exact) mass is 285 g/mol. The maximum absolute atomic E-state index is 5.58. The van der Waals surface area contributed by atoms with Gasteiger partial charge in [-0.05, 0) is 68.1 Å². The average molecular weight is 285 g/mol. The number of nitrogens with zero attached hydrogens (tertiary/aromatic N) is 1. The number of hydrogen-bond donors (Lipinski definition) is 0. The van der Waals surface area contributed by atoms with Crippen LogP contribution in [0.1, 0.15) is 67.7 Å². The molecule has 1 aliphatic heterocycles. The molecule has 1 aliphatic carbocycles. The Labute approximate surface area is 128 Å². The molecule has 2 heteroatoms. The summed E-state index contributed by atoms with van der Waals surface area (Å²) >= 11 is 0. The van der Waals surface area contributed by atoms with Crippen LogP contribution in [0.5, 0.6) is 0 Å². The SMILES string of the molecule is C=Cc1ccnc(C2CCCC3(CCOCC3)CC2)c1C. The maximum atomic E-state index is 5.58. The van der Waals surface area contributed by atoms with Gasteiger partial charge < -0.3 is 4.74 Å². The van der Waals surface area contributed by atoms with E-state index in [1.165, 1.54) is 61.8 Å². The van der Waals surface area contributed by atoms with Crippen LogP contribution in [0.15, 0.2) is 18.8 Å². The summed E-state index contributed by atoms with van der Waals surface area (Å²) in [5.74, 6) is 0.632. The van der Waals surface area contributed by atoms with Gasteiger partial charge >= 0.3 is 0 Å². The smallest absolute Gasteiger partial charge is 0.0471 e. The molecule has 1 saturated carbocycles. The van der Waals surface area contributed by atoms with Gasteiger partial charge in [0.1, 0.15) is 0 Å². The molecule has 1 unspecified atom stereocenters. The zero-order valence-electron chi connectivity index (χ0n) is 13.2. The molecule has 1 spiro atoms. The summed E-state index contributed by atoms with van der Waals surface area (Å²) in [4.78, 5) is 4.71. The van der Waals surface area contributed by atoms with Crippen molar-refractivity contribution in [3.05, 3.63) is 35.7 Å². The second-order valence-electron chi connectivity index (χ2n) is 6.85. The zero-order chi connectivity index (χ0) is 14.7. The Kier molecular flexibility index (Phi) is 4.44. The van der Waals surface area contributed by atoms with Crippen LogP contribution >= 0.6 is 0 Å². The largest absolute Gasteiger partial charge is 0.381 e. The maximum Gasteiger partial charge on any atom is 0.0471 e. The Morgan fingerprint density at radius 3 is 2.81 bits per heavy atom. The van der Waals surface area contributed by atoms with Crippen LogP contribution in [-0.2, 0) is 4.74 Å². The summed E-state index contributed by atoms with van der Waals surface area (Å²) in [5, 5.41) is 0. The highest BCUT2D eigenvalue weighted by Gasteiger charge is 2.35. The van der Waals surface area contributed by atoms with Crippen molar-refractivity contribution in [1.82, 2.24) is 4.98 Å². The summed E-state index contributed by atoms with van der Waals surface area (Å²) in [6.07, 6.45) is 13.1. The van der Waals surface area contributed by atoms with Crippen LogP contribution in [0.25, 0.3) is 6.08 Å². The van der Waals surface area contributed by atoms with Gasteiger partial charge in [0, 0.05) is 31.0 Å². The second-order valence-corrected chi connectivity index (χ2v) is 6.85. The molecule has 1 atom stereocenters. The number of aromatic nitrogens is 1. The fourth-order valence-corrected chi connectivity index (χ4v) is 4.25. The highest BCUT2D eigenvalue weighted by molar-refractivity contribution is 5.52. The number of pyridine rings is 1. The fourth-order valence-electron chi connectivity index (χ4n) is 4.25. The molecule has 0 bridgehead atoms. The van der Waals surface area contributed by atoms with E-state index in [9.17, 15) is 0 Å². The Morgan fingerprint density at radius 1 is 1.24 bits per heavy atom. The Bertz CT molecular complexity index is 502. The van der Waals surface area contributed by atoms with E-state index >= 15 is 0 Å². The van der Waals surface area contributed by atoms with E-state index in [1.54, 1.807) is 0 Å². The van der Waals surface area contributed by atoms with Crippen molar-refractivity contribution in [2.45, 2.75) is 57.8 Å². The molecule has 1 aromatic heterocycles. The predicted molar refractivity (Wildman–Crippen MR) is 87.4 cm³/mol. The van der Waals surface area contributed by atoms with Crippen molar-refractivity contribution in [3.8, 4) is 0 Å². The molecule has 3 rings (SSSR count). The topological polar surface area (TPSA) is 22.1 Å². The first-order valence-electron chi connectivity index (χ1n) is 8.40. The third-order valence-electron chi connectivity index (χ3n) is 5.73. The van der Waals surface area contributed by atoms with E-state index in [-0.39, 0.29) is 0 Å². The van der Waals surface area contributed by atoms with Crippen molar-refractivity contribution >= 4 is 6.08 Å². The summed E-state index contributed by atoms with van der Waals surface area (Å²) in [7, 11) is 0. The first-order chi connectivity index (χ1) is 10.2. The number of rotatable bonds is 2. The van der Waals surface area contributed by atoms with Crippen LogP contribution in [0.4, 0.5) is 0 Å². The molecular formula is C19H27NO. The van der Waals surface area contributed by atoms with Crippen molar-refractivity contribution in [2.24, 2.45) is 5.41 Å². The summed E-state index contributed by atoms with van der Waals surface area (Å²) in [6.45, 7) is 8.06. The average Bonchev–Trinajstić information content (AvgIpc) is 2.71. The fraction of sp³-hybridized carbons (Fsp3) is 0.632. The Morgan fingerprint density at radius 2 is 2.05 bits per heavy atom. The molecule has 0 N–H and O–H groups in total. The molecule has 21 heavy (non-hydrogen) atoms. The van der Waals surface area contributed by atoms with Crippen LogP contribution in [0.2, 0.25) is 0 Å². The zero-order valence-corrected chi connectivity index (χ0v) is 13.2. The van der Waals surface area contributed by atoms with Gasteiger partial charge in [-0.15, -0.1) is 0 Å². The van der Waals surface area contributed by atoms with E-state index in [0.717, 1.165) is 13.2 Å². The standard InChI is InChI=1S/C19H27NO/c1-3-16-7-12-20-18(15(16)2)17-5-4-8-19(9-6-17)10-13-21-14-11-19/h3,7,12,17H,1,4-6,8-11,13-14H2,2H3. The van der Waals surface area contributed by atoms with Gasteiger partial charge in [0.05, 0.1) is 0 Å². The van der Waals surface area contributed by atoms with Gasteiger partial charge in [-0.3, -0.25) is 4.98 Å². The minimum atomic E-state index is 0.566. The highest BCUT2D eigenvalue weighted by Crippen LogP contribution is 2.46. The van der Waals surface area contributed by atoms with Crippen LogP contribution in [0.3, 0.4) is 0 Å². The van der Waals surface area contributed by atoms with E-state index in [0.29, 0.717) is 11.3 Å². The number of ether oxygens (including phenoxy) is 1. The molecule has 2 aliphatic rings. The first-order valence-corrected chi connectivity index (χ1v) is 8.40. The van der Waals surface area contributed by atoms with Crippen LogP contribution < -0.4 is 0 Å². The summed E-state index contributed by atoms with van der Waals surface area (Å²) < 4.78 is 5.58. The lowest BCUT2D eigenvalue weighted by Crippen LogP contribution is -2.29. The van der Waals surface area contributed by atoms with Gasteiger partial charge in [0.15, 0.2) is 0 Å². The molecule has 0 radical (unpaired) electrons. The van der Waals surface area contributed by atoms with Crippen molar-refractivity contribution < 1.29 is 4.74 Å². The Balaban J connectivity index is 1.77. The van der Waals surface area contributed by atoms with Gasteiger partial charge in [-0.2, -0.15) is 0 Å². The van der Waals surface area contributed by atoms with E-state index in [4.69, 9.17) is 9.72 Å². The molecule has 2 nitrogen and oxygen atoms in total. The number of hydrogen-bond acceptors (Lipinski definition) is 2. The lowest BCUT2D eigenvalue weighted by molar-refractivity contribution is 0.00652. The summed E-state index contributed by atoms with van der Waals surface area (Å²) in [6, 6.07) is 2.07. The van der Waals surface area contributed by atoms with Gasteiger partial charge in [-0.1, -0.05) is 19.1 Å². The van der Waals surface area contributed by atoms with E-state index in [2.05, 4.69) is 19.6 Å². The van der Waals surface area contributed by atoms with Crippen LogP contribution in [0, 0.1) is 12.3 Å². The third-order valence-corrected chi connectivity index (χ3v) is 5.73.